The van der Waals surface area contributed by atoms with Crippen molar-refractivity contribution in [3.63, 3.8) is 0 Å². The molecule has 3 nitrogen and oxygen atoms in total. The van der Waals surface area contributed by atoms with Crippen LogP contribution in [0.5, 0.6) is 0 Å². The summed E-state index contributed by atoms with van der Waals surface area (Å²) in [6.07, 6.45) is 3.74. The third kappa shape index (κ3) is 4.29. The van der Waals surface area contributed by atoms with Crippen molar-refractivity contribution in [3.8, 4) is 0 Å². The Morgan fingerprint density at radius 3 is 2.36 bits per heavy atom. The highest BCUT2D eigenvalue weighted by molar-refractivity contribution is 5.92. The lowest BCUT2D eigenvalue weighted by Crippen LogP contribution is -2.55. The van der Waals surface area contributed by atoms with Gasteiger partial charge in [-0.25, -0.2) is 10.0 Å². The fourth-order valence-electron chi connectivity index (χ4n) is 3.73. The highest BCUT2D eigenvalue weighted by Crippen LogP contribution is 2.29. The zero-order valence-corrected chi connectivity index (χ0v) is 15.3. The van der Waals surface area contributed by atoms with Gasteiger partial charge in [0.2, 0.25) is 5.91 Å². The number of benzene rings is 2. The second kappa shape index (κ2) is 8.30. The molecule has 1 aliphatic heterocycles. The van der Waals surface area contributed by atoms with Crippen LogP contribution in [-0.4, -0.2) is 23.5 Å². The first-order valence-electron chi connectivity index (χ1n) is 9.37. The highest BCUT2D eigenvalue weighted by atomic mass is 16.2. The number of hydrogen-bond acceptors (Lipinski definition) is 2. The van der Waals surface area contributed by atoms with E-state index in [1.807, 2.05) is 42.3 Å². The molecule has 132 valence electrons. The minimum absolute atomic E-state index is 0.166. The third-order valence-corrected chi connectivity index (χ3v) is 5.06. The molecule has 0 aromatic heterocycles. The van der Waals surface area contributed by atoms with Gasteiger partial charge in [0.15, 0.2) is 0 Å². The molecule has 3 heteroatoms. The fourth-order valence-corrected chi connectivity index (χ4v) is 3.73. The number of hydrogen-bond donors (Lipinski definition) is 0. The molecule has 3 rings (SSSR count). The first-order valence-corrected chi connectivity index (χ1v) is 9.37. The Kier molecular flexibility index (Phi) is 5.87. The number of nitrogens with zero attached hydrogens (tertiary/aromatic N) is 2. The summed E-state index contributed by atoms with van der Waals surface area (Å²) in [7, 11) is 0. The second-order valence-electron chi connectivity index (χ2n) is 7.03. The van der Waals surface area contributed by atoms with Gasteiger partial charge in [0, 0.05) is 19.0 Å². The SMILES string of the molecule is CCC(=O)N(c1ccccc1)N1CCC(C)CC1Cc1ccccc1. The lowest BCUT2D eigenvalue weighted by Gasteiger charge is -2.45. The van der Waals surface area contributed by atoms with E-state index in [0.717, 1.165) is 31.5 Å². The van der Waals surface area contributed by atoms with E-state index in [2.05, 4.69) is 42.3 Å². The van der Waals surface area contributed by atoms with Gasteiger partial charge in [-0.05, 0) is 42.9 Å². The van der Waals surface area contributed by atoms with Crippen LogP contribution in [0.25, 0.3) is 0 Å². The first kappa shape index (κ1) is 17.7. The summed E-state index contributed by atoms with van der Waals surface area (Å²) >= 11 is 0. The summed E-state index contributed by atoms with van der Waals surface area (Å²) < 4.78 is 0. The normalized spacial score (nSPS) is 21.0. The monoisotopic (exact) mass is 336 g/mol. The number of carbonyl (C=O) groups is 1. The lowest BCUT2D eigenvalue weighted by atomic mass is 9.89. The van der Waals surface area contributed by atoms with Crippen molar-refractivity contribution in [1.29, 1.82) is 0 Å². The van der Waals surface area contributed by atoms with Crippen molar-refractivity contribution >= 4 is 11.6 Å². The topological polar surface area (TPSA) is 23.6 Å². The van der Waals surface area contributed by atoms with Gasteiger partial charge in [-0.3, -0.25) is 4.79 Å². The van der Waals surface area contributed by atoms with Crippen LogP contribution in [0.4, 0.5) is 5.69 Å². The number of amides is 1. The van der Waals surface area contributed by atoms with Gasteiger partial charge in [-0.1, -0.05) is 62.4 Å². The summed E-state index contributed by atoms with van der Waals surface area (Å²) in [6.45, 7) is 5.19. The van der Waals surface area contributed by atoms with E-state index in [9.17, 15) is 4.79 Å². The fraction of sp³-hybridized carbons (Fsp3) is 0.409. The minimum Gasteiger partial charge on any atom is -0.273 e. The van der Waals surface area contributed by atoms with E-state index in [4.69, 9.17) is 0 Å². The van der Waals surface area contributed by atoms with Crippen molar-refractivity contribution < 1.29 is 4.79 Å². The predicted octanol–water partition coefficient (Wildman–Crippen LogP) is 4.69. The van der Waals surface area contributed by atoms with E-state index in [0.29, 0.717) is 18.4 Å². The van der Waals surface area contributed by atoms with Crippen LogP contribution >= 0.6 is 0 Å². The second-order valence-corrected chi connectivity index (χ2v) is 7.03. The Morgan fingerprint density at radius 1 is 1.08 bits per heavy atom. The van der Waals surface area contributed by atoms with E-state index < -0.39 is 0 Å². The van der Waals surface area contributed by atoms with Crippen molar-refractivity contribution in [2.45, 2.75) is 45.6 Å². The van der Waals surface area contributed by atoms with Gasteiger partial charge in [-0.15, -0.1) is 0 Å². The molecule has 0 saturated carbocycles. The Labute approximate surface area is 151 Å². The van der Waals surface area contributed by atoms with Gasteiger partial charge >= 0.3 is 0 Å². The van der Waals surface area contributed by atoms with Crippen LogP contribution < -0.4 is 5.01 Å². The van der Waals surface area contributed by atoms with Gasteiger partial charge in [0.25, 0.3) is 0 Å². The molecule has 1 aliphatic rings. The Bertz CT molecular complexity index is 671. The van der Waals surface area contributed by atoms with Gasteiger partial charge in [0.05, 0.1) is 5.69 Å². The number of hydrazine groups is 1. The molecule has 0 N–H and O–H groups in total. The molecule has 25 heavy (non-hydrogen) atoms. The summed E-state index contributed by atoms with van der Waals surface area (Å²) in [5, 5.41) is 4.24. The molecule has 2 unspecified atom stereocenters. The largest absolute Gasteiger partial charge is 0.273 e. The summed E-state index contributed by atoms with van der Waals surface area (Å²) in [4.78, 5) is 12.8. The third-order valence-electron chi connectivity index (χ3n) is 5.06. The number of para-hydroxylation sites is 1. The van der Waals surface area contributed by atoms with Crippen molar-refractivity contribution in [1.82, 2.24) is 5.01 Å². The Morgan fingerprint density at radius 2 is 1.72 bits per heavy atom. The van der Waals surface area contributed by atoms with E-state index in [1.165, 1.54) is 5.56 Å². The van der Waals surface area contributed by atoms with Crippen LogP contribution in [0.3, 0.4) is 0 Å². The standard InChI is InChI=1S/C22H28N2O/c1-3-22(25)24(20-12-8-5-9-13-20)23-15-14-18(2)16-21(23)17-19-10-6-4-7-11-19/h4-13,18,21H,3,14-17H2,1-2H3. The molecule has 0 bridgehead atoms. The molecule has 2 aromatic carbocycles. The van der Waals surface area contributed by atoms with Gasteiger partial charge < -0.3 is 0 Å². The smallest absolute Gasteiger partial charge is 0.241 e. The molecule has 1 saturated heterocycles. The van der Waals surface area contributed by atoms with Crippen molar-refractivity contribution in [2.75, 3.05) is 11.6 Å². The molecule has 1 heterocycles. The van der Waals surface area contributed by atoms with Crippen LogP contribution in [-0.2, 0) is 11.2 Å². The molecule has 2 aromatic rings. The minimum atomic E-state index is 0.166. The number of piperidine rings is 1. The number of carbonyl (C=O) groups excluding carboxylic acids is 1. The first-order chi connectivity index (χ1) is 12.2. The molecular formula is C22H28N2O. The molecular weight excluding hydrogens is 308 g/mol. The predicted molar refractivity (Wildman–Crippen MR) is 103 cm³/mol. The highest BCUT2D eigenvalue weighted by Gasteiger charge is 2.33. The van der Waals surface area contributed by atoms with Gasteiger partial charge in [0.1, 0.15) is 0 Å². The average molecular weight is 336 g/mol. The van der Waals surface area contributed by atoms with E-state index >= 15 is 0 Å². The summed E-state index contributed by atoms with van der Waals surface area (Å²) in [6, 6.07) is 21.0. The van der Waals surface area contributed by atoms with E-state index in [1.54, 1.807) is 0 Å². The maximum atomic E-state index is 12.8. The summed E-state index contributed by atoms with van der Waals surface area (Å²) in [5.74, 6) is 0.859. The van der Waals surface area contributed by atoms with Crippen LogP contribution in [0.1, 0.15) is 38.7 Å². The quantitative estimate of drug-likeness (QED) is 0.791. The van der Waals surface area contributed by atoms with Crippen molar-refractivity contribution in [3.05, 3.63) is 66.2 Å². The van der Waals surface area contributed by atoms with E-state index in [-0.39, 0.29) is 5.91 Å². The number of rotatable bonds is 5. The molecule has 0 spiro atoms. The molecule has 1 fully saturated rings. The molecule has 1 amide bonds. The number of anilines is 1. The van der Waals surface area contributed by atoms with Crippen LogP contribution in [0.15, 0.2) is 60.7 Å². The zero-order valence-electron chi connectivity index (χ0n) is 15.3. The van der Waals surface area contributed by atoms with Crippen LogP contribution in [0, 0.1) is 5.92 Å². The maximum absolute atomic E-state index is 12.8. The summed E-state index contributed by atoms with van der Waals surface area (Å²) in [5.41, 5.74) is 2.31. The Balaban J connectivity index is 1.90. The van der Waals surface area contributed by atoms with Gasteiger partial charge in [-0.2, -0.15) is 0 Å². The van der Waals surface area contributed by atoms with Crippen molar-refractivity contribution in [2.24, 2.45) is 5.92 Å². The lowest BCUT2D eigenvalue weighted by molar-refractivity contribution is -0.122. The average Bonchev–Trinajstić information content (AvgIpc) is 2.65. The molecule has 0 radical (unpaired) electrons. The maximum Gasteiger partial charge on any atom is 0.241 e. The zero-order chi connectivity index (χ0) is 17.6. The Hall–Kier alpha value is -2.13. The van der Waals surface area contributed by atoms with Crippen LogP contribution in [0.2, 0.25) is 0 Å². The molecule has 2 atom stereocenters. The molecule has 0 aliphatic carbocycles.